The number of esters is 1. The number of hydrogen-bond donors (Lipinski definition) is 0. The average molecular weight is 143 g/mol. The second-order valence-corrected chi connectivity index (χ2v) is 1.87. The van der Waals surface area contributed by atoms with E-state index in [2.05, 4.69) is 4.74 Å². The lowest BCUT2D eigenvalue weighted by Crippen LogP contribution is -2.14. The fourth-order valence-electron chi connectivity index (χ4n) is 0.552. The topological polar surface area (TPSA) is 46.2 Å². The largest absolute Gasteiger partial charge is 0.457 e. The first-order valence-corrected chi connectivity index (χ1v) is 3.11. The van der Waals surface area contributed by atoms with E-state index >= 15 is 0 Å². The lowest BCUT2D eigenvalue weighted by Gasteiger charge is -2.05. The van der Waals surface area contributed by atoms with Crippen molar-refractivity contribution in [1.82, 2.24) is 0 Å². The maximum Gasteiger partial charge on any atom is 0.336 e. The Kier molecular flexibility index (Phi) is 4.58. The molecule has 0 N–H and O–H groups in total. The van der Waals surface area contributed by atoms with Crippen molar-refractivity contribution in [2.75, 3.05) is 6.61 Å². The Labute approximate surface area is 60.3 Å². The minimum Gasteiger partial charge on any atom is -0.457 e. The van der Waals surface area contributed by atoms with Crippen molar-refractivity contribution in [3.05, 3.63) is 12.2 Å². The van der Waals surface area contributed by atoms with Crippen LogP contribution in [-0.4, -0.2) is 18.7 Å². The molecule has 1 radical (unpaired) electrons. The summed E-state index contributed by atoms with van der Waals surface area (Å²) in [6.07, 6.45) is 3.18. The van der Waals surface area contributed by atoms with Gasteiger partial charge in [-0.25, -0.2) is 9.90 Å². The van der Waals surface area contributed by atoms with Gasteiger partial charge in [-0.05, 0) is 19.9 Å². The van der Waals surface area contributed by atoms with E-state index in [1.54, 1.807) is 19.1 Å². The average Bonchev–Trinajstić information content (AvgIpc) is 1.88. The lowest BCUT2D eigenvalue weighted by molar-refractivity contribution is -0.151. The van der Waals surface area contributed by atoms with Crippen LogP contribution in [0.1, 0.15) is 13.8 Å². The third kappa shape index (κ3) is 4.09. The van der Waals surface area contributed by atoms with Crippen LogP contribution in [0.25, 0.3) is 0 Å². The Morgan fingerprint density at radius 1 is 1.70 bits per heavy atom. The van der Waals surface area contributed by atoms with E-state index in [0.29, 0.717) is 0 Å². The van der Waals surface area contributed by atoms with Crippen LogP contribution >= 0.6 is 0 Å². The third-order valence-corrected chi connectivity index (χ3v) is 0.899. The first-order valence-electron chi connectivity index (χ1n) is 3.11. The van der Waals surface area contributed by atoms with Crippen LogP contribution < -0.4 is 0 Å². The Hall–Kier alpha value is -0.830. The summed E-state index contributed by atoms with van der Waals surface area (Å²) in [6.45, 7) is 2.72. The molecular formula is C7H11O3. The summed E-state index contributed by atoms with van der Waals surface area (Å²) < 4.78 is 4.60. The monoisotopic (exact) mass is 143 g/mol. The van der Waals surface area contributed by atoms with Crippen molar-refractivity contribution >= 4 is 5.97 Å². The molecule has 57 valence electrons. The quantitative estimate of drug-likeness (QED) is 0.435. The molecule has 0 saturated heterocycles. The first kappa shape index (κ1) is 9.17. The molecule has 0 aliphatic heterocycles. The Morgan fingerprint density at radius 3 is 2.70 bits per heavy atom. The molecular weight excluding hydrogens is 132 g/mol. The Morgan fingerprint density at radius 2 is 2.30 bits per heavy atom. The van der Waals surface area contributed by atoms with Crippen molar-refractivity contribution in [2.24, 2.45) is 0 Å². The van der Waals surface area contributed by atoms with E-state index in [1.165, 1.54) is 0 Å². The van der Waals surface area contributed by atoms with E-state index in [4.69, 9.17) is 0 Å². The summed E-state index contributed by atoms with van der Waals surface area (Å²) >= 11 is 0. The van der Waals surface area contributed by atoms with Gasteiger partial charge in [-0.3, -0.25) is 0 Å². The van der Waals surface area contributed by atoms with Gasteiger partial charge >= 0.3 is 5.97 Å². The number of hydrogen-bond acceptors (Lipinski definition) is 2. The molecule has 0 bridgehead atoms. The number of carbonyl (C=O) groups is 1. The van der Waals surface area contributed by atoms with Gasteiger partial charge in [0.1, 0.15) is 6.10 Å². The second kappa shape index (κ2) is 4.99. The van der Waals surface area contributed by atoms with E-state index < -0.39 is 12.6 Å². The molecule has 0 aromatic heterocycles. The van der Waals surface area contributed by atoms with Crippen LogP contribution in [0.2, 0.25) is 0 Å². The summed E-state index contributed by atoms with van der Waals surface area (Å²) in [6, 6.07) is 0. The molecule has 3 heteroatoms. The SMILES string of the molecule is CC=CC(C)OC(=O)C[O]. The fourth-order valence-corrected chi connectivity index (χ4v) is 0.552. The first-order chi connectivity index (χ1) is 4.70. The van der Waals surface area contributed by atoms with E-state index in [1.807, 2.05) is 6.92 Å². The smallest absolute Gasteiger partial charge is 0.336 e. The van der Waals surface area contributed by atoms with E-state index in [9.17, 15) is 9.90 Å². The highest BCUT2D eigenvalue weighted by atomic mass is 16.6. The van der Waals surface area contributed by atoms with Crippen molar-refractivity contribution in [1.29, 1.82) is 0 Å². The summed E-state index contributed by atoms with van der Waals surface area (Å²) in [7, 11) is 0. The van der Waals surface area contributed by atoms with Gasteiger partial charge in [0.2, 0.25) is 0 Å². The van der Waals surface area contributed by atoms with E-state index in [-0.39, 0.29) is 6.10 Å². The zero-order valence-electron chi connectivity index (χ0n) is 6.16. The number of ether oxygens (including phenoxy) is 1. The lowest BCUT2D eigenvalue weighted by atomic mass is 10.3. The van der Waals surface area contributed by atoms with Crippen LogP contribution in [0.4, 0.5) is 0 Å². The van der Waals surface area contributed by atoms with Crippen LogP contribution in [0.3, 0.4) is 0 Å². The predicted octanol–water partition coefficient (Wildman–Crippen LogP) is 0.925. The summed E-state index contributed by atoms with van der Waals surface area (Å²) in [5.41, 5.74) is 0. The molecule has 1 unspecified atom stereocenters. The highest BCUT2D eigenvalue weighted by Crippen LogP contribution is 1.92. The zero-order chi connectivity index (χ0) is 7.98. The van der Waals surface area contributed by atoms with Crippen LogP contribution in [0.15, 0.2) is 12.2 Å². The molecule has 0 aromatic carbocycles. The highest BCUT2D eigenvalue weighted by Gasteiger charge is 2.03. The number of rotatable bonds is 3. The van der Waals surface area contributed by atoms with Crippen LogP contribution in [-0.2, 0) is 14.6 Å². The number of carbonyl (C=O) groups excluding carboxylic acids is 1. The Balaban J connectivity index is 3.57. The minimum absolute atomic E-state index is 0.286. The van der Waals surface area contributed by atoms with Gasteiger partial charge in [0.15, 0.2) is 6.61 Å². The maximum atomic E-state index is 10.3. The van der Waals surface area contributed by atoms with Gasteiger partial charge in [0, 0.05) is 0 Å². The van der Waals surface area contributed by atoms with Gasteiger partial charge in [0.25, 0.3) is 0 Å². The van der Waals surface area contributed by atoms with Gasteiger partial charge in [0.05, 0.1) is 0 Å². The summed E-state index contributed by atoms with van der Waals surface area (Å²) in [5, 5.41) is 9.87. The highest BCUT2D eigenvalue weighted by molar-refractivity contribution is 5.70. The van der Waals surface area contributed by atoms with E-state index in [0.717, 1.165) is 0 Å². The third-order valence-electron chi connectivity index (χ3n) is 0.899. The molecule has 1 atom stereocenters. The molecule has 0 amide bonds. The van der Waals surface area contributed by atoms with Gasteiger partial charge in [-0.2, -0.15) is 0 Å². The molecule has 0 fully saturated rings. The van der Waals surface area contributed by atoms with Gasteiger partial charge in [-0.1, -0.05) is 6.08 Å². The van der Waals surface area contributed by atoms with Gasteiger partial charge < -0.3 is 4.74 Å². The number of allylic oxidation sites excluding steroid dienone is 1. The fraction of sp³-hybridized carbons (Fsp3) is 0.571. The summed E-state index contributed by atoms with van der Waals surface area (Å²) in [5.74, 6) is -0.703. The molecule has 0 spiro atoms. The van der Waals surface area contributed by atoms with Crippen molar-refractivity contribution < 1.29 is 14.6 Å². The maximum absolute atomic E-state index is 10.3. The predicted molar refractivity (Wildman–Crippen MR) is 35.9 cm³/mol. The molecule has 0 aromatic rings. The van der Waals surface area contributed by atoms with Crippen molar-refractivity contribution in [2.45, 2.75) is 20.0 Å². The zero-order valence-corrected chi connectivity index (χ0v) is 6.16. The molecule has 0 aliphatic carbocycles. The molecule has 3 nitrogen and oxygen atoms in total. The normalized spacial score (nSPS) is 13.5. The standard InChI is InChI=1S/C7H11O3/c1-3-4-6(2)10-7(9)5-8/h3-4,6H,5H2,1-2H3. The van der Waals surface area contributed by atoms with Crippen molar-refractivity contribution in [3.63, 3.8) is 0 Å². The summed E-state index contributed by atoms with van der Waals surface area (Å²) in [4.78, 5) is 10.3. The second-order valence-electron chi connectivity index (χ2n) is 1.87. The Bertz CT molecular complexity index is 129. The molecule has 0 rings (SSSR count). The molecule has 10 heavy (non-hydrogen) atoms. The van der Waals surface area contributed by atoms with Crippen LogP contribution in [0.5, 0.6) is 0 Å². The van der Waals surface area contributed by atoms with Crippen LogP contribution in [0, 0.1) is 0 Å². The minimum atomic E-state index is -0.804. The molecule has 0 saturated carbocycles. The molecule has 0 heterocycles. The van der Waals surface area contributed by atoms with Crippen molar-refractivity contribution in [3.8, 4) is 0 Å². The molecule has 0 aliphatic rings. The van der Waals surface area contributed by atoms with Gasteiger partial charge in [-0.15, -0.1) is 0 Å².